The molecule has 1 aromatic rings. The third-order valence-corrected chi connectivity index (χ3v) is 3.58. The number of benzene rings is 1. The molecule has 1 amide bonds. The molecule has 0 radical (unpaired) electrons. The van der Waals surface area contributed by atoms with Crippen LogP contribution in [0.5, 0.6) is 0 Å². The molecule has 3 nitrogen and oxygen atoms in total. The van der Waals surface area contributed by atoms with E-state index in [9.17, 15) is 4.79 Å². The minimum absolute atomic E-state index is 0.142. The Morgan fingerprint density at radius 1 is 1.40 bits per heavy atom. The summed E-state index contributed by atoms with van der Waals surface area (Å²) in [6.07, 6.45) is 2.00. The lowest BCUT2D eigenvalue weighted by molar-refractivity contribution is 0.0774. The summed E-state index contributed by atoms with van der Waals surface area (Å²) in [5.41, 5.74) is 3.09. The van der Waals surface area contributed by atoms with Gasteiger partial charge in [0.25, 0.3) is 5.91 Å². The Bertz CT molecular complexity index is 494. The smallest absolute Gasteiger partial charge is 0.254 e. The van der Waals surface area contributed by atoms with Crippen LogP contribution in [0, 0.1) is 0 Å². The summed E-state index contributed by atoms with van der Waals surface area (Å²) in [5.74, 6) is 0.142. The van der Waals surface area contributed by atoms with Gasteiger partial charge in [0.15, 0.2) is 0 Å². The molecule has 0 fully saturated rings. The second kappa shape index (κ2) is 6.71. The number of carbonyl (C=O) groups excluding carboxylic acids is 1. The molecule has 0 aromatic heterocycles. The zero-order chi connectivity index (χ0) is 14.5. The predicted octanol–water partition coefficient (Wildman–Crippen LogP) is 2.63. The van der Waals surface area contributed by atoms with Crippen molar-refractivity contribution in [3.8, 4) is 0 Å². The molecule has 0 bridgehead atoms. The summed E-state index contributed by atoms with van der Waals surface area (Å²) in [6.45, 7) is 10.5. The lowest BCUT2D eigenvalue weighted by Gasteiger charge is -2.23. The van der Waals surface area contributed by atoms with E-state index in [1.807, 2.05) is 23.1 Å². The van der Waals surface area contributed by atoms with Crippen LogP contribution >= 0.6 is 0 Å². The van der Waals surface area contributed by atoms with Crippen LogP contribution in [0.15, 0.2) is 36.4 Å². The van der Waals surface area contributed by atoms with Gasteiger partial charge < -0.3 is 10.2 Å². The first-order valence-electron chi connectivity index (χ1n) is 7.35. The van der Waals surface area contributed by atoms with Gasteiger partial charge in [0.05, 0.1) is 0 Å². The predicted molar refractivity (Wildman–Crippen MR) is 82.9 cm³/mol. The molecule has 0 saturated carbocycles. The molecule has 0 saturated heterocycles. The number of rotatable bonds is 5. The van der Waals surface area contributed by atoms with Crippen molar-refractivity contribution in [2.45, 2.75) is 32.7 Å². The number of fused-ring (bicyclic) bond motifs is 1. The largest absolute Gasteiger partial charge is 0.335 e. The molecule has 108 valence electrons. The van der Waals surface area contributed by atoms with Gasteiger partial charge in [-0.15, -0.1) is 0 Å². The molecular weight excluding hydrogens is 248 g/mol. The van der Waals surface area contributed by atoms with Gasteiger partial charge in [-0.2, -0.15) is 0 Å². The minimum atomic E-state index is 0.142. The molecule has 0 atom stereocenters. The Morgan fingerprint density at radius 2 is 2.15 bits per heavy atom. The van der Waals surface area contributed by atoms with Crippen molar-refractivity contribution in [3.63, 3.8) is 0 Å². The fraction of sp³-hybridized carbons (Fsp3) is 0.471. The van der Waals surface area contributed by atoms with E-state index in [1.54, 1.807) is 0 Å². The number of nitrogens with zero attached hydrogens (tertiary/aromatic N) is 1. The van der Waals surface area contributed by atoms with Crippen molar-refractivity contribution in [3.05, 3.63) is 47.5 Å². The zero-order valence-electron chi connectivity index (χ0n) is 12.5. The highest BCUT2D eigenvalue weighted by atomic mass is 16.2. The first kappa shape index (κ1) is 14.8. The van der Waals surface area contributed by atoms with Crippen LogP contribution in [0.4, 0.5) is 0 Å². The molecule has 0 unspecified atom stereocenters. The number of hydrogen-bond donors (Lipinski definition) is 1. The van der Waals surface area contributed by atoms with E-state index in [0.717, 1.165) is 37.1 Å². The van der Waals surface area contributed by atoms with Gasteiger partial charge in [0.2, 0.25) is 0 Å². The van der Waals surface area contributed by atoms with E-state index in [0.29, 0.717) is 12.6 Å². The Labute approximate surface area is 121 Å². The number of carbonyl (C=O) groups is 1. The molecule has 1 N–H and O–H groups in total. The highest BCUT2D eigenvalue weighted by Crippen LogP contribution is 2.18. The van der Waals surface area contributed by atoms with E-state index in [1.165, 1.54) is 5.56 Å². The Hall–Kier alpha value is -1.61. The van der Waals surface area contributed by atoms with Crippen LogP contribution in [-0.2, 0) is 6.42 Å². The van der Waals surface area contributed by atoms with E-state index in [4.69, 9.17) is 0 Å². The maximum Gasteiger partial charge on any atom is 0.254 e. The summed E-state index contributed by atoms with van der Waals surface area (Å²) < 4.78 is 0. The second-order valence-electron chi connectivity index (χ2n) is 5.77. The van der Waals surface area contributed by atoms with Crippen LogP contribution in [0.2, 0.25) is 0 Å². The molecule has 0 spiro atoms. The fourth-order valence-electron chi connectivity index (χ4n) is 2.50. The topological polar surface area (TPSA) is 32.3 Å². The molecule has 20 heavy (non-hydrogen) atoms. The fourth-order valence-corrected chi connectivity index (χ4v) is 2.50. The van der Waals surface area contributed by atoms with Gasteiger partial charge in [0.1, 0.15) is 0 Å². The SMILES string of the molecule is C=C(CNC(C)C)CN1CCCc2ccccc2C1=O. The van der Waals surface area contributed by atoms with Crippen LogP contribution in [0.25, 0.3) is 0 Å². The summed E-state index contributed by atoms with van der Waals surface area (Å²) in [4.78, 5) is 14.5. The maximum atomic E-state index is 12.6. The summed E-state index contributed by atoms with van der Waals surface area (Å²) in [6, 6.07) is 8.38. The average Bonchev–Trinajstić information content (AvgIpc) is 2.58. The summed E-state index contributed by atoms with van der Waals surface area (Å²) in [7, 11) is 0. The van der Waals surface area contributed by atoms with Crippen molar-refractivity contribution >= 4 is 5.91 Å². The van der Waals surface area contributed by atoms with E-state index in [-0.39, 0.29) is 5.91 Å². The molecule has 1 aliphatic rings. The average molecular weight is 272 g/mol. The minimum Gasteiger partial charge on any atom is -0.335 e. The third kappa shape index (κ3) is 3.70. The highest BCUT2D eigenvalue weighted by Gasteiger charge is 2.22. The Morgan fingerprint density at radius 3 is 2.90 bits per heavy atom. The van der Waals surface area contributed by atoms with Crippen molar-refractivity contribution in [1.82, 2.24) is 10.2 Å². The summed E-state index contributed by atoms with van der Waals surface area (Å²) >= 11 is 0. The van der Waals surface area contributed by atoms with Gasteiger partial charge in [0, 0.05) is 31.2 Å². The molecule has 1 heterocycles. The van der Waals surface area contributed by atoms with Crippen molar-refractivity contribution in [1.29, 1.82) is 0 Å². The zero-order valence-corrected chi connectivity index (χ0v) is 12.5. The van der Waals surface area contributed by atoms with Gasteiger partial charge in [-0.3, -0.25) is 4.79 Å². The third-order valence-electron chi connectivity index (χ3n) is 3.58. The first-order valence-corrected chi connectivity index (χ1v) is 7.35. The van der Waals surface area contributed by atoms with Crippen molar-refractivity contribution in [2.24, 2.45) is 0 Å². The van der Waals surface area contributed by atoms with Gasteiger partial charge >= 0.3 is 0 Å². The standard InChI is InChI=1S/C17H24N2O/c1-13(2)18-11-14(3)12-19-10-6-8-15-7-4-5-9-16(15)17(19)20/h4-5,7,9,13,18H,3,6,8,10-12H2,1-2H3. The quantitative estimate of drug-likeness (QED) is 0.836. The van der Waals surface area contributed by atoms with E-state index in [2.05, 4.69) is 31.8 Å². The number of hydrogen-bond acceptors (Lipinski definition) is 2. The maximum absolute atomic E-state index is 12.6. The molecular formula is C17H24N2O. The van der Waals surface area contributed by atoms with E-state index < -0.39 is 0 Å². The highest BCUT2D eigenvalue weighted by molar-refractivity contribution is 5.96. The van der Waals surface area contributed by atoms with Gasteiger partial charge in [-0.25, -0.2) is 0 Å². The number of amides is 1. The molecule has 2 rings (SSSR count). The van der Waals surface area contributed by atoms with Crippen LogP contribution in [-0.4, -0.2) is 36.5 Å². The van der Waals surface area contributed by atoms with Gasteiger partial charge in [-0.1, -0.05) is 38.6 Å². The lowest BCUT2D eigenvalue weighted by Crippen LogP contribution is -2.35. The van der Waals surface area contributed by atoms with Crippen LogP contribution in [0.3, 0.4) is 0 Å². The molecule has 0 aliphatic carbocycles. The number of aryl methyl sites for hydroxylation is 1. The monoisotopic (exact) mass is 272 g/mol. The van der Waals surface area contributed by atoms with Gasteiger partial charge in [-0.05, 0) is 30.0 Å². The van der Waals surface area contributed by atoms with Crippen molar-refractivity contribution < 1.29 is 4.79 Å². The summed E-state index contributed by atoms with van der Waals surface area (Å²) in [5, 5.41) is 3.35. The first-order chi connectivity index (χ1) is 9.58. The Kier molecular flexibility index (Phi) is 4.96. The lowest BCUT2D eigenvalue weighted by atomic mass is 10.0. The number of nitrogens with one attached hydrogen (secondary N) is 1. The normalized spacial score (nSPS) is 15.2. The molecule has 1 aliphatic heterocycles. The van der Waals surface area contributed by atoms with Crippen molar-refractivity contribution in [2.75, 3.05) is 19.6 Å². The molecule has 3 heteroatoms. The second-order valence-corrected chi connectivity index (χ2v) is 5.77. The Balaban J connectivity index is 2.03. The van der Waals surface area contributed by atoms with Crippen LogP contribution < -0.4 is 5.32 Å². The molecule has 1 aromatic carbocycles. The van der Waals surface area contributed by atoms with Crippen LogP contribution in [0.1, 0.15) is 36.2 Å². The van der Waals surface area contributed by atoms with E-state index >= 15 is 0 Å².